The van der Waals surface area contributed by atoms with Gasteiger partial charge in [0.05, 0.1) is 24.7 Å². The summed E-state index contributed by atoms with van der Waals surface area (Å²) in [7, 11) is 1.32. The maximum atomic E-state index is 11.7. The molecule has 1 aliphatic rings. The first-order valence-electron chi connectivity index (χ1n) is 5.16. The van der Waals surface area contributed by atoms with Crippen LogP contribution in [0.25, 0.3) is 0 Å². The Balaban J connectivity index is 2.75. The molecule has 0 heterocycles. The molecule has 0 saturated carbocycles. The molecule has 16 heavy (non-hydrogen) atoms. The van der Waals surface area contributed by atoms with E-state index in [-0.39, 0.29) is 5.97 Å². The van der Waals surface area contributed by atoms with Crippen LogP contribution >= 0.6 is 0 Å². The number of carbonyl (C=O) groups excluding carboxylic acids is 2. The second kappa shape index (κ2) is 5.49. The van der Waals surface area contributed by atoms with E-state index in [9.17, 15) is 9.59 Å². The standard InChI is InChI=1S/C12H16O4/c1-8(2)16-12(14)10-7-5-4-6-9(10)11(13)15-3/h4-5,9-10H,1,6-7H2,2-3H3/t9-,10+/m0/s1. The molecule has 0 amide bonds. The molecular weight excluding hydrogens is 208 g/mol. The van der Waals surface area contributed by atoms with Crippen molar-refractivity contribution < 1.29 is 19.1 Å². The molecule has 4 nitrogen and oxygen atoms in total. The molecule has 1 aliphatic carbocycles. The molecule has 88 valence electrons. The van der Waals surface area contributed by atoms with E-state index in [1.807, 2.05) is 12.2 Å². The fourth-order valence-electron chi connectivity index (χ4n) is 1.73. The van der Waals surface area contributed by atoms with Crippen molar-refractivity contribution in [2.75, 3.05) is 7.11 Å². The van der Waals surface area contributed by atoms with Crippen LogP contribution in [0.2, 0.25) is 0 Å². The quantitative estimate of drug-likeness (QED) is 0.417. The highest BCUT2D eigenvalue weighted by Gasteiger charge is 2.35. The van der Waals surface area contributed by atoms with Crippen molar-refractivity contribution in [2.45, 2.75) is 19.8 Å². The van der Waals surface area contributed by atoms with Crippen LogP contribution < -0.4 is 0 Å². The summed E-state index contributed by atoms with van der Waals surface area (Å²) >= 11 is 0. The second-order valence-electron chi connectivity index (χ2n) is 3.80. The highest BCUT2D eigenvalue weighted by molar-refractivity contribution is 5.83. The lowest BCUT2D eigenvalue weighted by atomic mass is 9.83. The van der Waals surface area contributed by atoms with Gasteiger partial charge in [0, 0.05) is 0 Å². The molecule has 0 saturated heterocycles. The molecule has 4 heteroatoms. The van der Waals surface area contributed by atoms with E-state index >= 15 is 0 Å². The van der Waals surface area contributed by atoms with E-state index in [1.165, 1.54) is 7.11 Å². The Morgan fingerprint density at radius 1 is 1.19 bits per heavy atom. The van der Waals surface area contributed by atoms with E-state index in [2.05, 4.69) is 11.3 Å². The minimum absolute atomic E-state index is 0.336. The van der Waals surface area contributed by atoms with Gasteiger partial charge in [-0.3, -0.25) is 9.59 Å². The Hall–Kier alpha value is -1.58. The van der Waals surface area contributed by atoms with Crippen LogP contribution in [-0.2, 0) is 19.1 Å². The number of hydrogen-bond acceptors (Lipinski definition) is 4. The van der Waals surface area contributed by atoms with Gasteiger partial charge >= 0.3 is 11.9 Å². The van der Waals surface area contributed by atoms with Crippen molar-refractivity contribution in [1.82, 2.24) is 0 Å². The van der Waals surface area contributed by atoms with Gasteiger partial charge in [0.2, 0.25) is 0 Å². The van der Waals surface area contributed by atoms with Crippen molar-refractivity contribution in [3.63, 3.8) is 0 Å². The highest BCUT2D eigenvalue weighted by Crippen LogP contribution is 2.28. The summed E-state index contributed by atoms with van der Waals surface area (Å²) < 4.78 is 9.61. The smallest absolute Gasteiger partial charge is 0.315 e. The van der Waals surface area contributed by atoms with Gasteiger partial charge in [0.15, 0.2) is 0 Å². The lowest BCUT2D eigenvalue weighted by Crippen LogP contribution is -2.32. The van der Waals surface area contributed by atoms with E-state index in [4.69, 9.17) is 4.74 Å². The topological polar surface area (TPSA) is 52.6 Å². The van der Waals surface area contributed by atoms with Gasteiger partial charge in [0.25, 0.3) is 0 Å². The van der Waals surface area contributed by atoms with Gasteiger partial charge < -0.3 is 9.47 Å². The molecule has 2 atom stereocenters. The zero-order valence-electron chi connectivity index (χ0n) is 9.56. The molecule has 0 aromatic heterocycles. The van der Waals surface area contributed by atoms with E-state index < -0.39 is 17.8 Å². The molecule has 0 aromatic rings. The van der Waals surface area contributed by atoms with Crippen molar-refractivity contribution in [1.29, 1.82) is 0 Å². The largest absolute Gasteiger partial charge is 0.469 e. The monoisotopic (exact) mass is 224 g/mol. The Bertz CT molecular complexity index is 330. The van der Waals surface area contributed by atoms with E-state index in [1.54, 1.807) is 6.92 Å². The number of ether oxygens (including phenoxy) is 2. The molecule has 0 N–H and O–H groups in total. The first kappa shape index (κ1) is 12.5. The lowest BCUT2D eigenvalue weighted by Gasteiger charge is -2.24. The maximum absolute atomic E-state index is 11.7. The van der Waals surface area contributed by atoms with Crippen molar-refractivity contribution >= 4 is 11.9 Å². The van der Waals surface area contributed by atoms with E-state index in [0.717, 1.165) is 0 Å². The van der Waals surface area contributed by atoms with Crippen molar-refractivity contribution in [2.24, 2.45) is 11.8 Å². The molecule has 0 bridgehead atoms. The molecule has 1 rings (SSSR count). The Morgan fingerprint density at radius 3 is 2.12 bits per heavy atom. The minimum Gasteiger partial charge on any atom is -0.469 e. The van der Waals surface area contributed by atoms with Gasteiger partial charge in [0.1, 0.15) is 0 Å². The van der Waals surface area contributed by atoms with Gasteiger partial charge in [-0.1, -0.05) is 18.7 Å². The number of hydrogen-bond donors (Lipinski definition) is 0. The molecule has 0 fully saturated rings. The highest BCUT2D eigenvalue weighted by atomic mass is 16.5. The number of esters is 2. The number of allylic oxidation sites excluding steroid dienone is 3. The van der Waals surface area contributed by atoms with Crippen LogP contribution in [0.4, 0.5) is 0 Å². The minimum atomic E-state index is -0.464. The maximum Gasteiger partial charge on any atom is 0.315 e. The summed E-state index contributed by atoms with van der Waals surface area (Å²) in [5, 5.41) is 0. The number of carbonyl (C=O) groups is 2. The fraction of sp³-hybridized carbons (Fsp3) is 0.500. The van der Waals surface area contributed by atoms with Crippen LogP contribution in [0, 0.1) is 11.8 Å². The summed E-state index contributed by atoms with van der Waals surface area (Å²) in [5.74, 6) is -1.35. The summed E-state index contributed by atoms with van der Waals surface area (Å²) in [6.07, 6.45) is 4.78. The molecular formula is C12H16O4. The zero-order valence-corrected chi connectivity index (χ0v) is 9.56. The molecule has 0 aromatic carbocycles. The summed E-state index contributed by atoms with van der Waals surface area (Å²) in [6, 6.07) is 0. The number of rotatable bonds is 3. The van der Waals surface area contributed by atoms with Crippen LogP contribution in [0.5, 0.6) is 0 Å². The summed E-state index contributed by atoms with van der Waals surface area (Å²) in [5.41, 5.74) is 0. The van der Waals surface area contributed by atoms with Gasteiger partial charge in [-0.05, 0) is 19.8 Å². The van der Waals surface area contributed by atoms with Crippen molar-refractivity contribution in [3.8, 4) is 0 Å². The Morgan fingerprint density at radius 2 is 1.69 bits per heavy atom. The Kier molecular flexibility index (Phi) is 4.28. The van der Waals surface area contributed by atoms with Crippen LogP contribution in [-0.4, -0.2) is 19.0 Å². The first-order valence-corrected chi connectivity index (χ1v) is 5.16. The molecule has 0 aliphatic heterocycles. The van der Waals surface area contributed by atoms with Crippen LogP contribution in [0.3, 0.4) is 0 Å². The molecule has 0 radical (unpaired) electrons. The van der Waals surface area contributed by atoms with Crippen LogP contribution in [0.1, 0.15) is 19.8 Å². The predicted molar refractivity (Wildman–Crippen MR) is 58.3 cm³/mol. The van der Waals surface area contributed by atoms with Gasteiger partial charge in [-0.25, -0.2) is 0 Å². The average Bonchev–Trinajstić information content (AvgIpc) is 2.27. The van der Waals surface area contributed by atoms with Crippen LogP contribution in [0.15, 0.2) is 24.5 Å². The fourth-order valence-corrected chi connectivity index (χ4v) is 1.73. The van der Waals surface area contributed by atoms with Gasteiger partial charge in [-0.15, -0.1) is 0 Å². The average molecular weight is 224 g/mol. The third kappa shape index (κ3) is 2.95. The summed E-state index contributed by atoms with van der Waals surface area (Å²) in [4.78, 5) is 23.2. The van der Waals surface area contributed by atoms with Gasteiger partial charge in [-0.2, -0.15) is 0 Å². The normalized spacial score (nSPS) is 23.6. The first-order chi connectivity index (χ1) is 7.56. The van der Waals surface area contributed by atoms with E-state index in [0.29, 0.717) is 18.6 Å². The lowest BCUT2D eigenvalue weighted by molar-refractivity contribution is -0.157. The predicted octanol–water partition coefficient (Wildman–Crippen LogP) is 1.82. The molecule has 0 unspecified atom stereocenters. The number of methoxy groups -OCH3 is 1. The second-order valence-corrected chi connectivity index (χ2v) is 3.80. The third-order valence-electron chi connectivity index (χ3n) is 2.51. The van der Waals surface area contributed by atoms with Crippen molar-refractivity contribution in [3.05, 3.63) is 24.5 Å². The summed E-state index contributed by atoms with van der Waals surface area (Å²) in [6.45, 7) is 5.10. The SMILES string of the molecule is C=C(C)OC(=O)[C@@H]1CC=CC[C@@H]1C(=O)OC. The Labute approximate surface area is 94.9 Å². The zero-order chi connectivity index (χ0) is 12.1. The third-order valence-corrected chi connectivity index (χ3v) is 2.51. The molecule has 0 spiro atoms.